The summed E-state index contributed by atoms with van der Waals surface area (Å²) in [5.74, 6) is -3.98. The molecule has 0 heterocycles. The molecule has 0 aliphatic rings. The predicted octanol–water partition coefficient (Wildman–Crippen LogP) is 3.05. The van der Waals surface area contributed by atoms with Gasteiger partial charge in [0.05, 0.1) is 12.1 Å². The molecule has 5 N–H and O–H groups in total. The highest BCUT2D eigenvalue weighted by Gasteiger charge is 2.32. The number of halogens is 2. The molecule has 2 aromatic rings. The third-order valence-electron chi connectivity index (χ3n) is 6.58. The highest BCUT2D eigenvalue weighted by atomic mass is 19.1. The van der Waals surface area contributed by atoms with E-state index in [0.29, 0.717) is 31.5 Å². The molecular formula is C29H40F2N4O4. The first-order chi connectivity index (χ1) is 18.4. The summed E-state index contributed by atoms with van der Waals surface area (Å²) < 4.78 is 28.2. The Morgan fingerprint density at radius 1 is 1.00 bits per heavy atom. The van der Waals surface area contributed by atoms with Gasteiger partial charge in [0.1, 0.15) is 11.6 Å². The van der Waals surface area contributed by atoms with Crippen molar-refractivity contribution in [3.05, 3.63) is 69.8 Å². The van der Waals surface area contributed by atoms with Gasteiger partial charge in [-0.15, -0.1) is 0 Å². The zero-order valence-electron chi connectivity index (χ0n) is 23.3. The highest BCUT2D eigenvalue weighted by molar-refractivity contribution is 6.02. The number of rotatable bonds is 14. The molecule has 0 saturated heterocycles. The van der Waals surface area contributed by atoms with Crippen molar-refractivity contribution >= 4 is 17.7 Å². The fraction of sp³-hybridized carbons (Fsp3) is 0.483. The lowest BCUT2D eigenvalue weighted by Crippen LogP contribution is -2.45. The van der Waals surface area contributed by atoms with Crippen LogP contribution in [0.4, 0.5) is 8.78 Å². The number of hydrogen-bond acceptors (Lipinski definition) is 5. The molecule has 0 unspecified atom stereocenters. The van der Waals surface area contributed by atoms with E-state index in [0.717, 1.165) is 18.2 Å². The zero-order valence-corrected chi connectivity index (χ0v) is 23.3. The van der Waals surface area contributed by atoms with Gasteiger partial charge >= 0.3 is 0 Å². The lowest BCUT2D eigenvalue weighted by molar-refractivity contribution is -0.122. The number of aliphatic hydroxyl groups is 1. The predicted molar refractivity (Wildman–Crippen MR) is 147 cm³/mol. The van der Waals surface area contributed by atoms with Gasteiger partial charge < -0.3 is 26.4 Å². The summed E-state index contributed by atoms with van der Waals surface area (Å²) in [6.45, 7) is 8.12. The quantitative estimate of drug-likeness (QED) is 0.290. The van der Waals surface area contributed by atoms with E-state index in [4.69, 9.17) is 5.73 Å². The number of amides is 3. The Bertz CT molecular complexity index is 1150. The largest absolute Gasteiger partial charge is 0.391 e. The SMILES string of the molecule is CCCN(CCC)C(=O)c1cc(C)cc(C(N)=O)c1[C@H](Cc1cc(F)cc(F)c1)[C@@H](O)CN[C@@H](C)C(=O)NC. The van der Waals surface area contributed by atoms with Crippen LogP contribution in [0.1, 0.15) is 76.9 Å². The van der Waals surface area contributed by atoms with Gasteiger partial charge in [0.2, 0.25) is 11.8 Å². The van der Waals surface area contributed by atoms with E-state index >= 15 is 0 Å². The Morgan fingerprint density at radius 2 is 1.56 bits per heavy atom. The summed E-state index contributed by atoms with van der Waals surface area (Å²) in [7, 11) is 1.49. The third-order valence-corrected chi connectivity index (χ3v) is 6.58. The molecule has 3 amide bonds. The number of nitrogens with zero attached hydrogens (tertiary/aromatic N) is 1. The van der Waals surface area contributed by atoms with E-state index < -0.39 is 35.6 Å². The fourth-order valence-electron chi connectivity index (χ4n) is 4.77. The van der Waals surface area contributed by atoms with Crippen molar-refractivity contribution in [3.8, 4) is 0 Å². The van der Waals surface area contributed by atoms with Crippen LogP contribution in [0.5, 0.6) is 0 Å². The van der Waals surface area contributed by atoms with E-state index in [1.54, 1.807) is 30.9 Å². The number of aliphatic hydroxyl groups excluding tert-OH is 1. The molecule has 0 saturated carbocycles. The first-order valence-electron chi connectivity index (χ1n) is 13.2. The summed E-state index contributed by atoms with van der Waals surface area (Å²) >= 11 is 0. The average Bonchev–Trinajstić information content (AvgIpc) is 2.88. The van der Waals surface area contributed by atoms with Crippen molar-refractivity contribution in [2.24, 2.45) is 5.73 Å². The topological polar surface area (TPSA) is 125 Å². The van der Waals surface area contributed by atoms with Crippen molar-refractivity contribution in [1.82, 2.24) is 15.5 Å². The number of nitrogens with one attached hydrogen (secondary N) is 2. The normalized spacial score (nSPS) is 13.4. The van der Waals surface area contributed by atoms with Gasteiger partial charge in [0, 0.05) is 49.8 Å². The molecule has 0 spiro atoms. The summed E-state index contributed by atoms with van der Waals surface area (Å²) in [5, 5.41) is 16.9. The van der Waals surface area contributed by atoms with Crippen LogP contribution in [0, 0.1) is 18.6 Å². The summed E-state index contributed by atoms with van der Waals surface area (Å²) in [5.41, 5.74) is 7.08. The van der Waals surface area contributed by atoms with Crippen LogP contribution in [0.25, 0.3) is 0 Å². The van der Waals surface area contributed by atoms with E-state index in [1.807, 2.05) is 13.8 Å². The van der Waals surface area contributed by atoms with E-state index in [-0.39, 0.29) is 47.0 Å². The van der Waals surface area contributed by atoms with Gasteiger partial charge in [-0.2, -0.15) is 0 Å². The number of carbonyl (C=O) groups excluding carboxylic acids is 3. The standard InChI is InChI=1S/C29H40F2N4O4/c1-6-8-35(9-7-2)29(39)24-11-17(3)10-23(27(32)37)26(24)22(14-19-12-20(30)15-21(31)13-19)25(36)16-34-18(4)28(38)33-5/h10-13,15,18,22,25,34,36H,6-9,14,16H2,1-5H3,(H2,32,37)(H,33,38)/t18-,22+,25-/m0/s1. The van der Waals surface area contributed by atoms with E-state index in [1.165, 1.54) is 7.05 Å². The van der Waals surface area contributed by atoms with Crippen molar-refractivity contribution in [2.45, 2.75) is 65.0 Å². The van der Waals surface area contributed by atoms with Crippen molar-refractivity contribution in [2.75, 3.05) is 26.7 Å². The number of carbonyl (C=O) groups is 3. The van der Waals surface area contributed by atoms with E-state index in [9.17, 15) is 28.3 Å². The van der Waals surface area contributed by atoms with Gasteiger partial charge in [0.15, 0.2) is 0 Å². The van der Waals surface area contributed by atoms with Crippen LogP contribution < -0.4 is 16.4 Å². The molecule has 214 valence electrons. The second-order valence-electron chi connectivity index (χ2n) is 9.83. The molecule has 0 fully saturated rings. The molecular weight excluding hydrogens is 506 g/mol. The maximum Gasteiger partial charge on any atom is 0.254 e. The number of benzene rings is 2. The molecule has 0 bridgehead atoms. The van der Waals surface area contributed by atoms with Crippen LogP contribution in [0.2, 0.25) is 0 Å². The van der Waals surface area contributed by atoms with Crippen LogP contribution in [0.3, 0.4) is 0 Å². The van der Waals surface area contributed by atoms with Crippen molar-refractivity contribution < 1.29 is 28.3 Å². The molecule has 39 heavy (non-hydrogen) atoms. The Balaban J connectivity index is 2.73. The zero-order chi connectivity index (χ0) is 29.3. The fourth-order valence-corrected chi connectivity index (χ4v) is 4.77. The molecule has 8 nitrogen and oxygen atoms in total. The maximum atomic E-state index is 14.1. The van der Waals surface area contributed by atoms with Gasteiger partial charge in [-0.1, -0.05) is 13.8 Å². The Kier molecular flexibility index (Phi) is 12.0. The molecule has 0 aromatic heterocycles. The minimum Gasteiger partial charge on any atom is -0.391 e. The molecule has 3 atom stereocenters. The second-order valence-corrected chi connectivity index (χ2v) is 9.83. The van der Waals surface area contributed by atoms with Crippen LogP contribution >= 0.6 is 0 Å². The number of primary amides is 1. The van der Waals surface area contributed by atoms with Crippen molar-refractivity contribution in [1.29, 1.82) is 0 Å². The monoisotopic (exact) mass is 546 g/mol. The van der Waals surface area contributed by atoms with Gasteiger partial charge in [0.25, 0.3) is 5.91 Å². The first kappa shape index (κ1) is 31.8. The molecule has 0 aliphatic carbocycles. The molecule has 0 radical (unpaired) electrons. The summed E-state index contributed by atoms with van der Waals surface area (Å²) in [6, 6.07) is 5.56. The lowest BCUT2D eigenvalue weighted by Gasteiger charge is -2.30. The highest BCUT2D eigenvalue weighted by Crippen LogP contribution is 2.33. The summed E-state index contributed by atoms with van der Waals surface area (Å²) in [6.07, 6.45) is 0.0650. The van der Waals surface area contributed by atoms with Crippen molar-refractivity contribution in [3.63, 3.8) is 0 Å². The first-order valence-corrected chi connectivity index (χ1v) is 13.2. The third kappa shape index (κ3) is 8.56. The Morgan fingerprint density at radius 3 is 2.08 bits per heavy atom. The minimum atomic E-state index is -1.26. The van der Waals surface area contributed by atoms with Gasteiger partial charge in [-0.3, -0.25) is 14.4 Å². The second kappa shape index (κ2) is 14.7. The average molecular weight is 547 g/mol. The van der Waals surface area contributed by atoms with E-state index in [2.05, 4.69) is 10.6 Å². The molecule has 2 aromatic carbocycles. The number of likely N-dealkylation sites (N-methyl/N-ethyl adjacent to an activating group) is 1. The van der Waals surface area contributed by atoms with Crippen LogP contribution in [0.15, 0.2) is 30.3 Å². The number of nitrogens with two attached hydrogens (primary N) is 1. The number of aryl methyl sites for hydroxylation is 1. The molecule has 0 aliphatic heterocycles. The maximum absolute atomic E-state index is 14.1. The molecule has 2 rings (SSSR count). The van der Waals surface area contributed by atoms with Gasteiger partial charge in [-0.25, -0.2) is 8.78 Å². The van der Waals surface area contributed by atoms with Crippen LogP contribution in [-0.4, -0.2) is 66.6 Å². The minimum absolute atomic E-state index is 0.0478. The number of hydrogen-bond donors (Lipinski definition) is 4. The van der Waals surface area contributed by atoms with Gasteiger partial charge in [-0.05, 0) is 74.1 Å². The smallest absolute Gasteiger partial charge is 0.254 e. The molecule has 10 heteroatoms. The lowest BCUT2D eigenvalue weighted by atomic mass is 9.80. The summed E-state index contributed by atoms with van der Waals surface area (Å²) in [4.78, 5) is 40.2. The van der Waals surface area contributed by atoms with Crippen LogP contribution in [-0.2, 0) is 11.2 Å². The Labute approximate surface area is 229 Å². The Hall–Kier alpha value is -3.37.